The second kappa shape index (κ2) is 8.77. The third-order valence-corrected chi connectivity index (χ3v) is 3.34. The van der Waals surface area contributed by atoms with E-state index in [1.165, 1.54) is 17.0 Å². The van der Waals surface area contributed by atoms with E-state index in [9.17, 15) is 14.0 Å². The maximum absolute atomic E-state index is 13.9. The van der Waals surface area contributed by atoms with Crippen molar-refractivity contribution < 1.29 is 14.0 Å². The highest BCUT2D eigenvalue weighted by molar-refractivity contribution is 9.10. The molecule has 0 spiro atoms. The number of benzene rings is 1. The van der Waals surface area contributed by atoms with Crippen molar-refractivity contribution in [2.45, 2.75) is 26.7 Å². The lowest BCUT2D eigenvalue weighted by molar-refractivity contribution is -0.121. The minimum absolute atomic E-state index is 0.0186. The van der Waals surface area contributed by atoms with Crippen LogP contribution >= 0.6 is 15.9 Å². The van der Waals surface area contributed by atoms with Crippen LogP contribution in [0.5, 0.6) is 0 Å². The normalized spacial score (nSPS) is 10.3. The number of carbonyl (C=O) groups is 2. The fraction of sp³-hybridized carbons (Fsp3) is 0.467. The number of hydrogen-bond acceptors (Lipinski definition) is 2. The Morgan fingerprint density at radius 1 is 1.29 bits per heavy atom. The van der Waals surface area contributed by atoms with Crippen molar-refractivity contribution in [3.05, 3.63) is 34.1 Å². The maximum atomic E-state index is 13.9. The van der Waals surface area contributed by atoms with Crippen LogP contribution in [0.4, 0.5) is 4.39 Å². The summed E-state index contributed by atoms with van der Waals surface area (Å²) in [5.74, 6) is -1.28. The van der Waals surface area contributed by atoms with Crippen LogP contribution in [0.1, 0.15) is 37.0 Å². The molecule has 0 aliphatic heterocycles. The van der Waals surface area contributed by atoms with Gasteiger partial charge in [-0.05, 0) is 31.0 Å². The summed E-state index contributed by atoms with van der Waals surface area (Å²) in [6.07, 6.45) is 1.53. The summed E-state index contributed by atoms with van der Waals surface area (Å²) in [7, 11) is 0. The number of nitrogens with zero attached hydrogens (tertiary/aromatic N) is 1. The number of rotatable bonds is 7. The molecule has 0 radical (unpaired) electrons. The SMILES string of the molecule is CCCNC(=O)CN(CCC)C(=O)c1ccc(Br)cc1F. The van der Waals surface area contributed by atoms with Crippen molar-refractivity contribution in [3.63, 3.8) is 0 Å². The molecule has 0 aromatic heterocycles. The van der Waals surface area contributed by atoms with Crippen LogP contribution in [0.15, 0.2) is 22.7 Å². The summed E-state index contributed by atoms with van der Waals surface area (Å²) in [6, 6.07) is 4.28. The molecule has 21 heavy (non-hydrogen) atoms. The molecular formula is C15H20BrFN2O2. The van der Waals surface area contributed by atoms with Crippen LogP contribution in [0.2, 0.25) is 0 Å². The van der Waals surface area contributed by atoms with Gasteiger partial charge in [-0.2, -0.15) is 0 Å². The highest BCUT2D eigenvalue weighted by Gasteiger charge is 2.20. The zero-order chi connectivity index (χ0) is 15.8. The summed E-state index contributed by atoms with van der Waals surface area (Å²) in [4.78, 5) is 25.5. The molecule has 4 nitrogen and oxygen atoms in total. The predicted octanol–water partition coefficient (Wildman–Crippen LogP) is 2.97. The van der Waals surface area contributed by atoms with E-state index in [1.807, 2.05) is 13.8 Å². The zero-order valence-electron chi connectivity index (χ0n) is 12.3. The quantitative estimate of drug-likeness (QED) is 0.814. The largest absolute Gasteiger partial charge is 0.355 e. The molecule has 0 atom stereocenters. The van der Waals surface area contributed by atoms with E-state index >= 15 is 0 Å². The molecule has 0 bridgehead atoms. The van der Waals surface area contributed by atoms with E-state index in [-0.39, 0.29) is 18.0 Å². The Balaban J connectivity index is 2.83. The first-order valence-corrected chi connectivity index (χ1v) is 7.79. The molecule has 1 N–H and O–H groups in total. The Bertz CT molecular complexity index is 508. The van der Waals surface area contributed by atoms with Gasteiger partial charge in [-0.3, -0.25) is 9.59 Å². The number of hydrogen-bond donors (Lipinski definition) is 1. The van der Waals surface area contributed by atoms with Crippen LogP contribution in [-0.4, -0.2) is 36.3 Å². The zero-order valence-corrected chi connectivity index (χ0v) is 13.9. The Hall–Kier alpha value is -1.43. The summed E-state index contributed by atoms with van der Waals surface area (Å²) < 4.78 is 14.4. The number of halogens is 2. The van der Waals surface area contributed by atoms with Gasteiger partial charge in [0.1, 0.15) is 5.82 Å². The fourth-order valence-electron chi connectivity index (χ4n) is 1.85. The third kappa shape index (κ3) is 5.46. The van der Waals surface area contributed by atoms with Gasteiger partial charge in [0.25, 0.3) is 5.91 Å². The van der Waals surface area contributed by atoms with E-state index in [0.717, 1.165) is 6.42 Å². The molecule has 0 unspecified atom stereocenters. The first kappa shape index (κ1) is 17.6. The molecule has 0 aliphatic carbocycles. The average Bonchev–Trinajstić information content (AvgIpc) is 2.44. The van der Waals surface area contributed by atoms with Crippen LogP contribution in [-0.2, 0) is 4.79 Å². The van der Waals surface area contributed by atoms with Gasteiger partial charge >= 0.3 is 0 Å². The monoisotopic (exact) mass is 358 g/mol. The summed E-state index contributed by atoms with van der Waals surface area (Å²) in [6.45, 7) is 4.78. The van der Waals surface area contributed by atoms with Crippen LogP contribution in [0.25, 0.3) is 0 Å². The molecule has 6 heteroatoms. The first-order chi connectivity index (χ1) is 9.99. The van der Waals surface area contributed by atoms with Gasteiger partial charge in [0.05, 0.1) is 12.1 Å². The third-order valence-electron chi connectivity index (χ3n) is 2.85. The molecule has 1 aromatic carbocycles. The van der Waals surface area contributed by atoms with E-state index in [0.29, 0.717) is 24.0 Å². The van der Waals surface area contributed by atoms with Crippen molar-refractivity contribution in [2.24, 2.45) is 0 Å². The van der Waals surface area contributed by atoms with Crippen LogP contribution in [0.3, 0.4) is 0 Å². The maximum Gasteiger partial charge on any atom is 0.257 e. The second-order valence-corrected chi connectivity index (χ2v) is 5.62. The summed E-state index contributed by atoms with van der Waals surface area (Å²) in [5, 5.41) is 2.72. The van der Waals surface area contributed by atoms with Gasteiger partial charge in [0.15, 0.2) is 0 Å². The van der Waals surface area contributed by atoms with Crippen molar-refractivity contribution in [3.8, 4) is 0 Å². The molecule has 0 saturated heterocycles. The molecule has 2 amide bonds. The minimum atomic E-state index is -0.593. The second-order valence-electron chi connectivity index (χ2n) is 4.70. The molecule has 1 rings (SSSR count). The van der Waals surface area contributed by atoms with Gasteiger partial charge in [0, 0.05) is 17.6 Å². The first-order valence-electron chi connectivity index (χ1n) is 7.00. The average molecular weight is 359 g/mol. The van der Waals surface area contributed by atoms with Gasteiger partial charge < -0.3 is 10.2 Å². The Kier molecular flexibility index (Phi) is 7.36. The smallest absolute Gasteiger partial charge is 0.257 e. The highest BCUT2D eigenvalue weighted by atomic mass is 79.9. The molecule has 0 fully saturated rings. The molecule has 0 saturated carbocycles. The van der Waals surface area contributed by atoms with Crippen molar-refractivity contribution in [2.75, 3.05) is 19.6 Å². The van der Waals surface area contributed by atoms with E-state index < -0.39 is 11.7 Å². The molecule has 1 aromatic rings. The number of amides is 2. The Labute approximate surface area is 132 Å². The topological polar surface area (TPSA) is 49.4 Å². The van der Waals surface area contributed by atoms with Gasteiger partial charge in [-0.25, -0.2) is 4.39 Å². The van der Waals surface area contributed by atoms with Crippen molar-refractivity contribution in [1.82, 2.24) is 10.2 Å². The lowest BCUT2D eigenvalue weighted by Crippen LogP contribution is -2.41. The lowest BCUT2D eigenvalue weighted by atomic mass is 10.1. The van der Waals surface area contributed by atoms with Gasteiger partial charge in [-0.15, -0.1) is 0 Å². The van der Waals surface area contributed by atoms with Crippen molar-refractivity contribution >= 4 is 27.7 Å². The van der Waals surface area contributed by atoms with Gasteiger partial charge in [-0.1, -0.05) is 29.8 Å². The summed E-state index contributed by atoms with van der Waals surface area (Å²) >= 11 is 3.15. The molecule has 116 valence electrons. The van der Waals surface area contributed by atoms with Crippen LogP contribution in [0, 0.1) is 5.82 Å². The minimum Gasteiger partial charge on any atom is -0.355 e. The standard InChI is InChI=1S/C15H20BrFN2O2/c1-3-7-18-14(20)10-19(8-4-2)15(21)12-6-5-11(16)9-13(12)17/h5-6,9H,3-4,7-8,10H2,1-2H3,(H,18,20). The van der Waals surface area contributed by atoms with E-state index in [1.54, 1.807) is 6.07 Å². The molecule has 0 heterocycles. The molecule has 0 aliphatic rings. The molecular weight excluding hydrogens is 339 g/mol. The number of carbonyl (C=O) groups excluding carboxylic acids is 2. The Morgan fingerprint density at radius 3 is 2.57 bits per heavy atom. The van der Waals surface area contributed by atoms with Crippen molar-refractivity contribution in [1.29, 1.82) is 0 Å². The predicted molar refractivity (Wildman–Crippen MR) is 83.6 cm³/mol. The fourth-order valence-corrected chi connectivity index (χ4v) is 2.18. The Morgan fingerprint density at radius 2 is 2.00 bits per heavy atom. The van der Waals surface area contributed by atoms with E-state index in [4.69, 9.17) is 0 Å². The number of nitrogens with one attached hydrogen (secondary N) is 1. The van der Waals surface area contributed by atoms with Gasteiger partial charge in [0.2, 0.25) is 5.91 Å². The lowest BCUT2D eigenvalue weighted by Gasteiger charge is -2.22. The van der Waals surface area contributed by atoms with E-state index in [2.05, 4.69) is 21.2 Å². The highest BCUT2D eigenvalue weighted by Crippen LogP contribution is 2.17. The van der Waals surface area contributed by atoms with Crippen LogP contribution < -0.4 is 5.32 Å². The summed E-state index contributed by atoms with van der Waals surface area (Å²) in [5.41, 5.74) is -0.0186.